The molecular formula is C15H16F3N5O. The molecule has 9 heteroatoms. The lowest BCUT2D eigenvalue weighted by Gasteiger charge is -2.12. The number of pyridine rings is 1. The Morgan fingerprint density at radius 2 is 2.00 bits per heavy atom. The van der Waals surface area contributed by atoms with E-state index < -0.39 is 23.0 Å². The van der Waals surface area contributed by atoms with E-state index in [1.807, 2.05) is 0 Å². The highest BCUT2D eigenvalue weighted by molar-refractivity contribution is 5.71. The monoisotopic (exact) mass is 339 g/mol. The Hall–Kier alpha value is -2.55. The van der Waals surface area contributed by atoms with Crippen molar-refractivity contribution in [2.45, 2.75) is 32.5 Å². The Morgan fingerprint density at radius 1 is 1.33 bits per heavy atom. The molecule has 2 aromatic heterocycles. The van der Waals surface area contributed by atoms with Gasteiger partial charge in [-0.25, -0.2) is 14.8 Å². The number of nitrogens with zero attached hydrogens (tertiary/aromatic N) is 4. The molecule has 0 saturated carbocycles. The lowest BCUT2D eigenvalue weighted by atomic mass is 10.1. The first-order valence-electron chi connectivity index (χ1n) is 6.95. The van der Waals surface area contributed by atoms with Crippen LogP contribution in [0.15, 0.2) is 34.3 Å². The number of nitrogens with two attached hydrogens (primary N) is 1. The predicted molar refractivity (Wildman–Crippen MR) is 83.8 cm³/mol. The largest absolute Gasteiger partial charge is 0.417 e. The van der Waals surface area contributed by atoms with E-state index in [1.165, 1.54) is 25.4 Å². The summed E-state index contributed by atoms with van der Waals surface area (Å²) in [7, 11) is 0. The Morgan fingerprint density at radius 3 is 2.50 bits per heavy atom. The topological polar surface area (TPSA) is 86.2 Å². The van der Waals surface area contributed by atoms with Crippen LogP contribution in [-0.4, -0.2) is 26.3 Å². The lowest BCUT2D eigenvalue weighted by molar-refractivity contribution is -0.137. The molecule has 128 valence electrons. The first kappa shape index (κ1) is 17.8. The second-order valence-electron chi connectivity index (χ2n) is 5.88. The van der Waals surface area contributed by atoms with Gasteiger partial charge in [-0.2, -0.15) is 18.2 Å². The molecule has 2 aromatic rings. The second kappa shape index (κ2) is 6.16. The molecule has 0 amide bonds. The quantitative estimate of drug-likeness (QED) is 0.870. The third kappa shape index (κ3) is 4.25. The maximum atomic E-state index is 12.7. The zero-order valence-electron chi connectivity index (χ0n) is 13.3. The minimum Gasteiger partial charge on any atom is -0.321 e. The molecule has 0 atom stereocenters. The van der Waals surface area contributed by atoms with Gasteiger partial charge in [-0.3, -0.25) is 4.57 Å². The van der Waals surface area contributed by atoms with Crippen LogP contribution in [0.1, 0.15) is 25.0 Å². The molecular weight excluding hydrogens is 323 g/mol. The fraction of sp³-hybridized carbons (Fsp3) is 0.333. The molecule has 0 spiro atoms. The van der Waals surface area contributed by atoms with E-state index >= 15 is 0 Å². The molecule has 6 nitrogen and oxygen atoms in total. The van der Waals surface area contributed by atoms with Gasteiger partial charge in [0.25, 0.3) is 0 Å². The second-order valence-corrected chi connectivity index (χ2v) is 5.88. The molecule has 2 rings (SSSR count). The van der Waals surface area contributed by atoms with Crippen molar-refractivity contribution in [3.8, 4) is 5.82 Å². The van der Waals surface area contributed by atoms with Crippen LogP contribution in [0.5, 0.6) is 0 Å². The summed E-state index contributed by atoms with van der Waals surface area (Å²) in [5, 5.41) is 0. The first-order chi connectivity index (χ1) is 11.0. The maximum Gasteiger partial charge on any atom is 0.417 e. The summed E-state index contributed by atoms with van der Waals surface area (Å²) in [6.07, 6.45) is -1.01. The minimum atomic E-state index is -4.49. The minimum absolute atomic E-state index is 0.0789. The Bertz CT molecular complexity index is 834. The van der Waals surface area contributed by atoms with Gasteiger partial charge >= 0.3 is 11.9 Å². The van der Waals surface area contributed by atoms with Crippen molar-refractivity contribution in [2.75, 3.05) is 0 Å². The zero-order chi connectivity index (χ0) is 18.1. The van der Waals surface area contributed by atoms with Gasteiger partial charge in [0.05, 0.1) is 5.56 Å². The average Bonchev–Trinajstić information content (AvgIpc) is 2.44. The number of aryl methyl sites for hydroxylation is 1. The summed E-state index contributed by atoms with van der Waals surface area (Å²) in [5.74, 6) is 0.231. The highest BCUT2D eigenvalue weighted by atomic mass is 19.4. The Balaban J connectivity index is 2.41. The average molecular weight is 339 g/mol. The van der Waals surface area contributed by atoms with Crippen molar-refractivity contribution in [1.29, 1.82) is 0 Å². The van der Waals surface area contributed by atoms with E-state index in [9.17, 15) is 18.0 Å². The third-order valence-electron chi connectivity index (χ3n) is 2.92. The number of aliphatic imine (C=N–C) groups is 1. The van der Waals surface area contributed by atoms with Crippen LogP contribution < -0.4 is 11.4 Å². The third-order valence-corrected chi connectivity index (χ3v) is 2.92. The van der Waals surface area contributed by atoms with Gasteiger partial charge in [-0.15, -0.1) is 0 Å². The number of hydrogen-bond donors (Lipinski definition) is 1. The van der Waals surface area contributed by atoms with Crippen molar-refractivity contribution < 1.29 is 13.2 Å². The highest BCUT2D eigenvalue weighted by Gasteiger charge is 2.31. The zero-order valence-corrected chi connectivity index (χ0v) is 13.3. The summed E-state index contributed by atoms with van der Waals surface area (Å²) in [6, 6.07) is 2.38. The van der Waals surface area contributed by atoms with Crippen molar-refractivity contribution in [1.82, 2.24) is 14.5 Å². The standard InChI is InChI=1S/C15H16F3N5O/c1-9-6-10(15(16,17)18)7-20-12(9)23-5-4-11(22-13(23)24)21-8-14(2,3)19/h4-8H,19H2,1-3H3/b21-8+. The van der Waals surface area contributed by atoms with E-state index in [4.69, 9.17) is 5.73 Å². The van der Waals surface area contributed by atoms with Crippen molar-refractivity contribution in [3.63, 3.8) is 0 Å². The van der Waals surface area contributed by atoms with Crippen LogP contribution in [0.3, 0.4) is 0 Å². The molecule has 24 heavy (non-hydrogen) atoms. The van der Waals surface area contributed by atoms with Crippen molar-refractivity contribution in [3.05, 3.63) is 46.1 Å². The van der Waals surface area contributed by atoms with E-state index in [-0.39, 0.29) is 17.2 Å². The van der Waals surface area contributed by atoms with Gasteiger partial charge < -0.3 is 5.73 Å². The van der Waals surface area contributed by atoms with Crippen LogP contribution in [0.25, 0.3) is 5.82 Å². The molecule has 2 heterocycles. The normalized spacial score (nSPS) is 12.8. The van der Waals surface area contributed by atoms with Gasteiger partial charge in [0.1, 0.15) is 5.82 Å². The van der Waals surface area contributed by atoms with Crippen molar-refractivity contribution >= 4 is 12.0 Å². The summed E-state index contributed by atoms with van der Waals surface area (Å²) in [6.45, 7) is 4.90. The molecule has 0 bridgehead atoms. The summed E-state index contributed by atoms with van der Waals surface area (Å²) >= 11 is 0. The van der Waals surface area contributed by atoms with Gasteiger partial charge in [-0.05, 0) is 38.5 Å². The van der Waals surface area contributed by atoms with Gasteiger partial charge in [-0.1, -0.05) is 0 Å². The van der Waals surface area contributed by atoms with Crippen LogP contribution in [0.4, 0.5) is 19.0 Å². The van der Waals surface area contributed by atoms with Crippen LogP contribution in [-0.2, 0) is 6.18 Å². The van der Waals surface area contributed by atoms with E-state index in [2.05, 4.69) is 15.0 Å². The van der Waals surface area contributed by atoms with E-state index in [1.54, 1.807) is 13.8 Å². The predicted octanol–water partition coefficient (Wildman–Crippen LogP) is 2.39. The van der Waals surface area contributed by atoms with E-state index in [0.29, 0.717) is 6.20 Å². The molecule has 0 unspecified atom stereocenters. The number of rotatable bonds is 3. The fourth-order valence-electron chi connectivity index (χ4n) is 1.83. The van der Waals surface area contributed by atoms with Crippen LogP contribution in [0.2, 0.25) is 0 Å². The molecule has 0 aromatic carbocycles. The summed E-state index contributed by atoms with van der Waals surface area (Å²) in [4.78, 5) is 23.6. The molecule has 0 fully saturated rings. The SMILES string of the molecule is Cc1cc(C(F)(F)F)cnc1-n1ccc(/N=C/C(C)(C)N)nc1=O. The molecule has 2 N–H and O–H groups in total. The lowest BCUT2D eigenvalue weighted by Crippen LogP contribution is -2.33. The number of halogens is 3. The molecule has 0 aliphatic heterocycles. The number of alkyl halides is 3. The van der Waals surface area contributed by atoms with Crippen molar-refractivity contribution in [2.24, 2.45) is 10.7 Å². The molecule has 0 aliphatic rings. The number of aromatic nitrogens is 3. The molecule has 0 aliphatic carbocycles. The number of hydrogen-bond acceptors (Lipinski definition) is 5. The summed E-state index contributed by atoms with van der Waals surface area (Å²) < 4.78 is 39.1. The van der Waals surface area contributed by atoms with Crippen LogP contribution in [0, 0.1) is 6.92 Å². The van der Waals surface area contributed by atoms with Crippen LogP contribution >= 0.6 is 0 Å². The molecule has 0 radical (unpaired) electrons. The van der Waals surface area contributed by atoms with Gasteiger partial charge in [0.2, 0.25) is 0 Å². The Labute approximate surface area is 135 Å². The summed E-state index contributed by atoms with van der Waals surface area (Å²) in [5.41, 5.74) is 3.71. The fourth-order valence-corrected chi connectivity index (χ4v) is 1.83. The Kier molecular flexibility index (Phi) is 4.57. The van der Waals surface area contributed by atoms with E-state index in [0.717, 1.165) is 10.6 Å². The smallest absolute Gasteiger partial charge is 0.321 e. The van der Waals surface area contributed by atoms with Gasteiger partial charge in [0, 0.05) is 24.1 Å². The molecule has 0 saturated heterocycles. The highest BCUT2D eigenvalue weighted by Crippen LogP contribution is 2.29. The maximum absolute atomic E-state index is 12.7. The first-order valence-corrected chi connectivity index (χ1v) is 6.95. The van der Waals surface area contributed by atoms with Gasteiger partial charge in [0.15, 0.2) is 5.82 Å².